The molecule has 2 atom stereocenters. The van der Waals surface area contributed by atoms with Crippen LogP contribution < -0.4 is 4.74 Å². The van der Waals surface area contributed by atoms with Crippen LogP contribution in [0.4, 0.5) is 0 Å². The molecule has 4 nitrogen and oxygen atoms in total. The fourth-order valence-electron chi connectivity index (χ4n) is 2.14. The second kappa shape index (κ2) is 5.89. The molecule has 0 amide bonds. The monoisotopic (exact) mass is 271 g/mol. The second-order valence-electron chi connectivity index (χ2n) is 4.50. The van der Waals surface area contributed by atoms with Crippen molar-refractivity contribution in [1.29, 1.82) is 0 Å². The standard InChI is InChI=1S/C13H18ClNO3/c1-15-5-6-18-12(8-15)13(16)10-7-9(14)3-4-11(10)17-2/h3-4,7,12-13,16H,5-6,8H2,1-2H3. The number of morpholine rings is 1. The number of likely N-dealkylation sites (N-methyl/N-ethyl adjacent to an activating group) is 1. The van der Waals surface area contributed by atoms with Gasteiger partial charge >= 0.3 is 0 Å². The fraction of sp³-hybridized carbons (Fsp3) is 0.538. The van der Waals surface area contributed by atoms with E-state index in [0.29, 0.717) is 29.5 Å². The average molecular weight is 272 g/mol. The number of halogens is 1. The number of methoxy groups -OCH3 is 1. The highest BCUT2D eigenvalue weighted by molar-refractivity contribution is 6.30. The summed E-state index contributed by atoms with van der Waals surface area (Å²) >= 11 is 5.97. The van der Waals surface area contributed by atoms with E-state index in [-0.39, 0.29) is 6.10 Å². The zero-order chi connectivity index (χ0) is 13.1. The van der Waals surface area contributed by atoms with Crippen molar-refractivity contribution in [3.05, 3.63) is 28.8 Å². The van der Waals surface area contributed by atoms with E-state index in [2.05, 4.69) is 4.90 Å². The number of rotatable bonds is 3. The minimum absolute atomic E-state index is 0.254. The number of hydrogen-bond donors (Lipinski definition) is 1. The van der Waals surface area contributed by atoms with Crippen LogP contribution in [0.15, 0.2) is 18.2 Å². The normalized spacial score (nSPS) is 22.8. The van der Waals surface area contributed by atoms with Crippen LogP contribution in [0.1, 0.15) is 11.7 Å². The van der Waals surface area contributed by atoms with E-state index in [1.54, 1.807) is 25.3 Å². The summed E-state index contributed by atoms with van der Waals surface area (Å²) in [6, 6.07) is 5.22. The van der Waals surface area contributed by atoms with Gasteiger partial charge in [0, 0.05) is 23.7 Å². The molecule has 0 aromatic heterocycles. The first-order valence-corrected chi connectivity index (χ1v) is 6.31. The summed E-state index contributed by atoms with van der Waals surface area (Å²) in [5.41, 5.74) is 0.672. The molecule has 100 valence electrons. The third-order valence-electron chi connectivity index (χ3n) is 3.16. The number of aliphatic hydroxyl groups excluding tert-OH is 1. The molecule has 1 fully saturated rings. The summed E-state index contributed by atoms with van der Waals surface area (Å²) in [4.78, 5) is 2.13. The van der Waals surface area contributed by atoms with E-state index >= 15 is 0 Å². The smallest absolute Gasteiger partial charge is 0.124 e. The third-order valence-corrected chi connectivity index (χ3v) is 3.39. The van der Waals surface area contributed by atoms with Crippen LogP contribution in [0.5, 0.6) is 5.75 Å². The lowest BCUT2D eigenvalue weighted by Crippen LogP contribution is -2.43. The molecule has 0 bridgehead atoms. The molecular weight excluding hydrogens is 254 g/mol. The summed E-state index contributed by atoms with van der Waals surface area (Å²) in [6.07, 6.45) is -0.988. The predicted octanol–water partition coefficient (Wildman–Crippen LogP) is 1.71. The van der Waals surface area contributed by atoms with Crippen LogP contribution in [-0.4, -0.2) is 50.0 Å². The first kappa shape index (κ1) is 13.6. The van der Waals surface area contributed by atoms with Crippen LogP contribution in [0.2, 0.25) is 5.02 Å². The summed E-state index contributed by atoms with van der Waals surface area (Å²) in [6.45, 7) is 2.20. The molecule has 1 saturated heterocycles. The van der Waals surface area contributed by atoms with E-state index in [9.17, 15) is 5.11 Å². The molecule has 0 radical (unpaired) electrons. The molecule has 1 heterocycles. The summed E-state index contributed by atoms with van der Waals surface area (Å²) < 4.78 is 10.9. The van der Waals surface area contributed by atoms with Gasteiger partial charge in [-0.2, -0.15) is 0 Å². The van der Waals surface area contributed by atoms with Gasteiger partial charge in [0.25, 0.3) is 0 Å². The second-order valence-corrected chi connectivity index (χ2v) is 4.94. The number of benzene rings is 1. The van der Waals surface area contributed by atoms with Crippen molar-refractivity contribution in [2.75, 3.05) is 33.9 Å². The lowest BCUT2D eigenvalue weighted by atomic mass is 10.0. The Morgan fingerprint density at radius 3 is 3.00 bits per heavy atom. The molecule has 1 aromatic rings. The Morgan fingerprint density at radius 1 is 1.56 bits per heavy atom. The molecule has 2 rings (SSSR count). The Labute approximate surface area is 112 Å². The number of hydrogen-bond acceptors (Lipinski definition) is 4. The largest absolute Gasteiger partial charge is 0.496 e. The van der Waals surface area contributed by atoms with Crippen molar-refractivity contribution < 1.29 is 14.6 Å². The van der Waals surface area contributed by atoms with E-state index < -0.39 is 6.10 Å². The molecule has 1 aromatic carbocycles. The Bertz CT molecular complexity index is 413. The molecule has 0 aliphatic carbocycles. The number of ether oxygens (including phenoxy) is 2. The van der Waals surface area contributed by atoms with Crippen molar-refractivity contribution in [3.8, 4) is 5.75 Å². The number of nitrogens with zero attached hydrogens (tertiary/aromatic N) is 1. The van der Waals surface area contributed by atoms with Crippen LogP contribution in [0, 0.1) is 0 Å². The van der Waals surface area contributed by atoms with Crippen molar-refractivity contribution in [3.63, 3.8) is 0 Å². The van der Waals surface area contributed by atoms with Gasteiger partial charge in [-0.3, -0.25) is 0 Å². The minimum Gasteiger partial charge on any atom is -0.496 e. The highest BCUT2D eigenvalue weighted by Gasteiger charge is 2.28. The maximum Gasteiger partial charge on any atom is 0.124 e. The van der Waals surface area contributed by atoms with Gasteiger partial charge in [-0.25, -0.2) is 0 Å². The Kier molecular flexibility index (Phi) is 4.45. The average Bonchev–Trinajstić information content (AvgIpc) is 2.38. The zero-order valence-electron chi connectivity index (χ0n) is 10.6. The highest BCUT2D eigenvalue weighted by Crippen LogP contribution is 2.31. The first-order valence-electron chi connectivity index (χ1n) is 5.93. The summed E-state index contributed by atoms with van der Waals surface area (Å²) in [7, 11) is 3.59. The molecule has 1 N–H and O–H groups in total. The van der Waals surface area contributed by atoms with Gasteiger partial charge in [-0.05, 0) is 25.2 Å². The fourth-order valence-corrected chi connectivity index (χ4v) is 2.32. The minimum atomic E-state index is -0.735. The topological polar surface area (TPSA) is 41.9 Å². The molecule has 0 spiro atoms. The van der Waals surface area contributed by atoms with Crippen molar-refractivity contribution in [2.45, 2.75) is 12.2 Å². The van der Waals surface area contributed by atoms with Gasteiger partial charge in [0.2, 0.25) is 0 Å². The van der Waals surface area contributed by atoms with Crippen LogP contribution >= 0.6 is 11.6 Å². The first-order chi connectivity index (χ1) is 8.61. The van der Waals surface area contributed by atoms with Crippen molar-refractivity contribution >= 4 is 11.6 Å². The Hall–Kier alpha value is -0.810. The summed E-state index contributed by atoms with van der Waals surface area (Å²) in [5, 5.41) is 11.0. The quantitative estimate of drug-likeness (QED) is 0.909. The molecule has 0 saturated carbocycles. The molecular formula is C13H18ClNO3. The lowest BCUT2D eigenvalue weighted by Gasteiger charge is -2.33. The highest BCUT2D eigenvalue weighted by atomic mass is 35.5. The van der Waals surface area contributed by atoms with Gasteiger partial charge in [0.05, 0.1) is 13.7 Å². The SMILES string of the molecule is COc1ccc(Cl)cc1C(O)C1CN(C)CCO1. The predicted molar refractivity (Wildman–Crippen MR) is 70.2 cm³/mol. The molecule has 2 unspecified atom stereocenters. The van der Waals surface area contributed by atoms with E-state index in [0.717, 1.165) is 6.54 Å². The van der Waals surface area contributed by atoms with Gasteiger partial charge in [-0.15, -0.1) is 0 Å². The van der Waals surface area contributed by atoms with Crippen LogP contribution in [0.3, 0.4) is 0 Å². The lowest BCUT2D eigenvalue weighted by molar-refractivity contribution is -0.0849. The Balaban J connectivity index is 2.21. The van der Waals surface area contributed by atoms with Gasteiger partial charge in [0.1, 0.15) is 18.0 Å². The van der Waals surface area contributed by atoms with Gasteiger partial charge in [-0.1, -0.05) is 11.6 Å². The van der Waals surface area contributed by atoms with Crippen LogP contribution in [0.25, 0.3) is 0 Å². The third kappa shape index (κ3) is 2.95. The van der Waals surface area contributed by atoms with Gasteiger partial charge in [0.15, 0.2) is 0 Å². The molecule has 5 heteroatoms. The summed E-state index contributed by atoms with van der Waals surface area (Å²) in [5.74, 6) is 0.628. The van der Waals surface area contributed by atoms with Crippen molar-refractivity contribution in [2.24, 2.45) is 0 Å². The van der Waals surface area contributed by atoms with Gasteiger partial charge < -0.3 is 19.5 Å². The maximum absolute atomic E-state index is 10.4. The van der Waals surface area contributed by atoms with Crippen molar-refractivity contribution in [1.82, 2.24) is 4.90 Å². The van der Waals surface area contributed by atoms with Crippen LogP contribution in [-0.2, 0) is 4.74 Å². The maximum atomic E-state index is 10.4. The molecule has 1 aliphatic heterocycles. The van der Waals surface area contributed by atoms with E-state index in [4.69, 9.17) is 21.1 Å². The molecule has 1 aliphatic rings. The zero-order valence-corrected chi connectivity index (χ0v) is 11.4. The Morgan fingerprint density at radius 2 is 2.33 bits per heavy atom. The van der Waals surface area contributed by atoms with E-state index in [1.807, 2.05) is 7.05 Å². The molecule has 18 heavy (non-hydrogen) atoms. The van der Waals surface area contributed by atoms with E-state index in [1.165, 1.54) is 0 Å². The number of aliphatic hydroxyl groups is 1.